The van der Waals surface area contributed by atoms with Crippen LogP contribution in [0.1, 0.15) is 64.2 Å². The number of unbranched alkanes of at least 4 members (excludes halogenated alkanes) is 8. The number of hydrogen-bond donors (Lipinski definition) is 2. The maximum Gasteiger partial charge on any atom is 0.311 e. The number of carbonyl (C=O) groups is 2. The molecule has 0 radical (unpaired) electrons. The predicted molar refractivity (Wildman–Crippen MR) is 124 cm³/mol. The maximum atomic E-state index is 12.1. The van der Waals surface area contributed by atoms with E-state index in [1.807, 2.05) is 0 Å². The lowest BCUT2D eigenvalue weighted by molar-refractivity contribution is -0.355. The van der Waals surface area contributed by atoms with Crippen molar-refractivity contribution in [2.75, 3.05) is 13.1 Å². The number of amides is 1. The van der Waals surface area contributed by atoms with Crippen LogP contribution in [0, 0.1) is 0 Å². The summed E-state index contributed by atoms with van der Waals surface area (Å²) in [5.74, 6) is -0.501. The molecule has 11 heteroatoms. The monoisotopic (exact) mass is 598 g/mol. The molecule has 0 aliphatic rings. The second-order valence-corrected chi connectivity index (χ2v) is 8.79. The number of nitrogens with one attached hydrogen (secondary N) is 1. The minimum Gasteiger partial charge on any atom is -1.00 e. The molecule has 0 aromatic heterocycles. The first kappa shape index (κ1) is 31.0. The normalized spacial score (nSPS) is 10.5. The Balaban J connectivity index is 0.00000900. The van der Waals surface area contributed by atoms with Crippen molar-refractivity contribution in [2.45, 2.75) is 64.2 Å². The summed E-state index contributed by atoms with van der Waals surface area (Å²) in [6.45, 7) is 1.03. The van der Waals surface area contributed by atoms with Crippen LogP contribution in [0.4, 0.5) is 0 Å². The van der Waals surface area contributed by atoms with Crippen LogP contribution in [-0.4, -0.2) is 25.0 Å². The number of quaternary nitrogens is 1. The SMILES string of the molecule is [Br-].[NH3+]CC(=O)NCCCCCCCCCCCC(=O)Oc1c(Cl)c(Cl)c(Cl)c(Cl)c1Cl. The Morgan fingerprint density at radius 3 is 1.61 bits per heavy atom. The van der Waals surface area contributed by atoms with Crippen LogP contribution in [0.2, 0.25) is 25.1 Å². The van der Waals surface area contributed by atoms with E-state index in [0.29, 0.717) is 6.54 Å². The standard InChI is InChI=1S/C20H27Cl5N2O3.BrH/c21-15-16(22)18(24)20(19(25)17(15)23)30-14(29)10-8-6-4-2-1-3-5-7-9-11-27-13(28)12-26;/h1-12,26H2,(H,27,28);1H. The zero-order valence-corrected chi connectivity index (χ0v) is 22.6. The third-order valence-corrected chi connectivity index (χ3v) is 6.73. The Hall–Kier alpha value is 0.0500. The van der Waals surface area contributed by atoms with Gasteiger partial charge in [0.1, 0.15) is 10.0 Å². The average molecular weight is 602 g/mol. The Morgan fingerprint density at radius 2 is 1.13 bits per heavy atom. The summed E-state index contributed by atoms with van der Waals surface area (Å²) in [5, 5.41) is 2.78. The molecule has 31 heavy (non-hydrogen) atoms. The van der Waals surface area contributed by atoms with Crippen molar-refractivity contribution in [1.82, 2.24) is 5.32 Å². The third-order valence-electron chi connectivity index (χ3n) is 4.49. The van der Waals surface area contributed by atoms with E-state index in [1.165, 1.54) is 19.3 Å². The Kier molecular flexibility index (Phi) is 17.5. The first-order chi connectivity index (χ1) is 14.3. The fourth-order valence-electron chi connectivity index (χ4n) is 2.79. The number of hydrogen-bond acceptors (Lipinski definition) is 3. The molecule has 178 valence electrons. The highest BCUT2D eigenvalue weighted by Gasteiger charge is 2.22. The zero-order chi connectivity index (χ0) is 22.5. The molecule has 4 N–H and O–H groups in total. The van der Waals surface area contributed by atoms with Crippen LogP contribution < -0.4 is 32.8 Å². The van der Waals surface area contributed by atoms with Crippen molar-refractivity contribution in [2.24, 2.45) is 0 Å². The number of ether oxygens (including phenoxy) is 1. The minimum atomic E-state index is -0.445. The number of benzene rings is 1. The van der Waals surface area contributed by atoms with Gasteiger partial charge in [-0.3, -0.25) is 9.59 Å². The molecule has 0 saturated carbocycles. The van der Waals surface area contributed by atoms with Gasteiger partial charge < -0.3 is 32.8 Å². The lowest BCUT2D eigenvalue weighted by Gasteiger charge is -2.12. The van der Waals surface area contributed by atoms with Crippen LogP contribution in [-0.2, 0) is 9.59 Å². The van der Waals surface area contributed by atoms with E-state index < -0.39 is 5.97 Å². The van der Waals surface area contributed by atoms with E-state index in [2.05, 4.69) is 11.1 Å². The van der Waals surface area contributed by atoms with Crippen molar-refractivity contribution < 1.29 is 37.0 Å². The smallest absolute Gasteiger partial charge is 0.311 e. The lowest BCUT2D eigenvalue weighted by atomic mass is 10.1. The summed E-state index contributed by atoms with van der Waals surface area (Å²) in [4.78, 5) is 23.1. The molecule has 0 aliphatic carbocycles. The molecule has 0 aliphatic heterocycles. The van der Waals surface area contributed by atoms with Gasteiger partial charge in [0, 0.05) is 13.0 Å². The molecule has 5 nitrogen and oxygen atoms in total. The molecule has 1 amide bonds. The van der Waals surface area contributed by atoms with Crippen LogP contribution in [0.25, 0.3) is 0 Å². The van der Waals surface area contributed by atoms with Gasteiger partial charge in [-0.05, 0) is 12.8 Å². The summed E-state index contributed by atoms with van der Waals surface area (Å²) >= 11 is 30.0. The van der Waals surface area contributed by atoms with Crippen molar-refractivity contribution in [3.63, 3.8) is 0 Å². The van der Waals surface area contributed by atoms with Crippen molar-refractivity contribution in [3.8, 4) is 5.75 Å². The van der Waals surface area contributed by atoms with Gasteiger partial charge in [-0.2, -0.15) is 0 Å². The zero-order valence-electron chi connectivity index (χ0n) is 17.2. The highest BCUT2D eigenvalue weighted by molar-refractivity contribution is 6.55. The highest BCUT2D eigenvalue weighted by Crippen LogP contribution is 2.48. The van der Waals surface area contributed by atoms with Crippen molar-refractivity contribution in [3.05, 3.63) is 25.1 Å². The van der Waals surface area contributed by atoms with Gasteiger partial charge in [-0.1, -0.05) is 103 Å². The molecule has 0 saturated heterocycles. The van der Waals surface area contributed by atoms with E-state index in [-0.39, 0.29) is 60.2 Å². The van der Waals surface area contributed by atoms with Gasteiger partial charge in [0.2, 0.25) is 0 Å². The van der Waals surface area contributed by atoms with Crippen LogP contribution in [0.5, 0.6) is 5.75 Å². The van der Waals surface area contributed by atoms with Crippen LogP contribution >= 0.6 is 58.0 Å². The van der Waals surface area contributed by atoms with Gasteiger partial charge in [0.05, 0.1) is 15.1 Å². The van der Waals surface area contributed by atoms with E-state index in [9.17, 15) is 9.59 Å². The first-order valence-corrected chi connectivity index (χ1v) is 12.0. The summed E-state index contributed by atoms with van der Waals surface area (Å²) in [6.07, 6.45) is 9.75. The molecule has 0 bridgehead atoms. The van der Waals surface area contributed by atoms with E-state index >= 15 is 0 Å². The fourth-order valence-corrected chi connectivity index (χ4v) is 3.99. The van der Waals surface area contributed by atoms with E-state index in [0.717, 1.165) is 45.1 Å². The van der Waals surface area contributed by atoms with Crippen LogP contribution in [0.3, 0.4) is 0 Å². The van der Waals surface area contributed by atoms with Gasteiger partial charge in [-0.15, -0.1) is 0 Å². The van der Waals surface area contributed by atoms with Crippen molar-refractivity contribution >= 4 is 69.9 Å². The maximum absolute atomic E-state index is 12.1. The molecular formula is C20H28BrCl5N2O3. The van der Waals surface area contributed by atoms with Crippen LogP contribution in [0.15, 0.2) is 0 Å². The number of halogens is 6. The molecule has 0 unspecified atom stereocenters. The van der Waals surface area contributed by atoms with E-state index in [4.69, 9.17) is 62.7 Å². The number of rotatable bonds is 14. The predicted octanol–water partition coefficient (Wildman–Crippen LogP) is 3.12. The second kappa shape index (κ2) is 17.5. The largest absolute Gasteiger partial charge is 1.00 e. The van der Waals surface area contributed by atoms with Gasteiger partial charge in [0.25, 0.3) is 5.91 Å². The average Bonchev–Trinajstić information content (AvgIpc) is 2.74. The highest BCUT2D eigenvalue weighted by atomic mass is 79.9. The molecule has 1 aromatic carbocycles. The second-order valence-electron chi connectivity index (χ2n) is 6.91. The minimum absolute atomic E-state index is 0. The molecule has 0 fully saturated rings. The molecule has 0 spiro atoms. The molecule has 1 aromatic rings. The molecule has 1 rings (SSSR count). The van der Waals surface area contributed by atoms with E-state index in [1.54, 1.807) is 0 Å². The first-order valence-electron chi connectivity index (χ1n) is 10.1. The lowest BCUT2D eigenvalue weighted by Crippen LogP contribution is -3.00. The van der Waals surface area contributed by atoms with Crippen molar-refractivity contribution in [1.29, 1.82) is 0 Å². The Bertz CT molecular complexity index is 694. The molecular weight excluding hydrogens is 573 g/mol. The Morgan fingerprint density at radius 1 is 0.710 bits per heavy atom. The third kappa shape index (κ3) is 11.6. The molecule has 0 heterocycles. The Labute approximate surface area is 219 Å². The molecule has 0 atom stereocenters. The van der Waals surface area contributed by atoms with Gasteiger partial charge in [0.15, 0.2) is 12.3 Å². The summed E-state index contributed by atoms with van der Waals surface area (Å²) in [5.41, 5.74) is 3.54. The fraction of sp³-hybridized carbons (Fsp3) is 0.600. The summed E-state index contributed by atoms with van der Waals surface area (Å²) < 4.78 is 5.25. The summed E-state index contributed by atoms with van der Waals surface area (Å²) in [6, 6.07) is 0. The summed E-state index contributed by atoms with van der Waals surface area (Å²) in [7, 11) is 0. The topological polar surface area (TPSA) is 83.0 Å². The number of carbonyl (C=O) groups excluding carboxylic acids is 2. The number of esters is 1. The van der Waals surface area contributed by atoms with Gasteiger partial charge in [-0.25, -0.2) is 0 Å². The van der Waals surface area contributed by atoms with Gasteiger partial charge >= 0.3 is 5.97 Å². The quantitative estimate of drug-likeness (QED) is 0.113.